The number of sulfonamides is 1. The molecule has 0 saturated carbocycles. The standard InChI is InChI=1S/C18H21NO5S2/c1-3-24-12-8-10-13(11-9-12)26(21,22)19-17-16(18(20)23-2)14-6-4-5-7-15(14)25-17/h8-11,19H,3-7H2,1-2H3. The Morgan fingerprint density at radius 3 is 2.54 bits per heavy atom. The number of hydrogen-bond acceptors (Lipinski definition) is 6. The molecule has 8 heteroatoms. The van der Waals surface area contributed by atoms with Gasteiger partial charge in [-0.2, -0.15) is 0 Å². The van der Waals surface area contributed by atoms with Gasteiger partial charge in [0.15, 0.2) is 0 Å². The van der Waals surface area contributed by atoms with Gasteiger partial charge in [-0.15, -0.1) is 11.3 Å². The number of benzene rings is 1. The highest BCUT2D eigenvalue weighted by atomic mass is 32.2. The zero-order valence-corrected chi connectivity index (χ0v) is 16.3. The predicted molar refractivity (Wildman–Crippen MR) is 101 cm³/mol. The molecule has 1 aliphatic carbocycles. The van der Waals surface area contributed by atoms with E-state index in [0.717, 1.165) is 36.1 Å². The third-order valence-corrected chi connectivity index (χ3v) is 6.93. The Morgan fingerprint density at radius 1 is 1.19 bits per heavy atom. The van der Waals surface area contributed by atoms with Crippen LogP contribution in [0.15, 0.2) is 29.2 Å². The van der Waals surface area contributed by atoms with Crippen LogP contribution in [0.1, 0.15) is 40.6 Å². The number of thiophene rings is 1. The van der Waals surface area contributed by atoms with E-state index in [9.17, 15) is 13.2 Å². The van der Waals surface area contributed by atoms with Crippen LogP contribution in [0.25, 0.3) is 0 Å². The normalized spacial score (nSPS) is 13.8. The fourth-order valence-electron chi connectivity index (χ4n) is 3.02. The van der Waals surface area contributed by atoms with Gasteiger partial charge in [-0.3, -0.25) is 4.72 Å². The summed E-state index contributed by atoms with van der Waals surface area (Å²) in [6, 6.07) is 6.19. The van der Waals surface area contributed by atoms with E-state index >= 15 is 0 Å². The molecule has 0 spiro atoms. The molecule has 1 aliphatic rings. The Kier molecular flexibility index (Phi) is 5.52. The summed E-state index contributed by atoms with van der Waals surface area (Å²) in [4.78, 5) is 13.4. The van der Waals surface area contributed by atoms with Gasteiger partial charge in [0.05, 0.1) is 24.2 Å². The molecule has 0 amide bonds. The first-order valence-electron chi connectivity index (χ1n) is 8.44. The zero-order chi connectivity index (χ0) is 18.7. The van der Waals surface area contributed by atoms with E-state index in [1.165, 1.54) is 30.6 Å². The number of carbonyl (C=O) groups excluding carboxylic acids is 1. The molecule has 0 atom stereocenters. The van der Waals surface area contributed by atoms with Crippen LogP contribution in [0.2, 0.25) is 0 Å². The minimum absolute atomic E-state index is 0.114. The number of aryl methyl sites for hydroxylation is 1. The molecule has 1 aromatic carbocycles. The van der Waals surface area contributed by atoms with Crippen LogP contribution in [-0.4, -0.2) is 28.1 Å². The Balaban J connectivity index is 1.94. The quantitative estimate of drug-likeness (QED) is 0.756. The largest absolute Gasteiger partial charge is 0.494 e. The molecule has 1 heterocycles. The summed E-state index contributed by atoms with van der Waals surface area (Å²) in [6.45, 7) is 2.37. The van der Waals surface area contributed by atoms with Crippen LogP contribution < -0.4 is 9.46 Å². The summed E-state index contributed by atoms with van der Waals surface area (Å²) in [5.74, 6) is 0.0991. The Hall–Kier alpha value is -2.06. The first-order chi connectivity index (χ1) is 12.5. The third kappa shape index (κ3) is 3.71. The van der Waals surface area contributed by atoms with Crippen molar-refractivity contribution in [3.05, 3.63) is 40.3 Å². The van der Waals surface area contributed by atoms with Crippen molar-refractivity contribution in [3.8, 4) is 5.75 Å². The Morgan fingerprint density at radius 2 is 1.88 bits per heavy atom. The molecule has 0 fully saturated rings. The first kappa shape index (κ1) is 18.7. The minimum atomic E-state index is -3.81. The maximum atomic E-state index is 12.7. The summed E-state index contributed by atoms with van der Waals surface area (Å²) in [7, 11) is -2.51. The number of anilines is 1. The molecule has 0 radical (unpaired) electrons. The maximum Gasteiger partial charge on any atom is 0.341 e. The molecule has 2 aromatic rings. The average Bonchev–Trinajstić information content (AvgIpc) is 2.99. The van der Waals surface area contributed by atoms with E-state index in [1.807, 2.05) is 6.92 Å². The Labute approximate surface area is 157 Å². The van der Waals surface area contributed by atoms with Crippen molar-refractivity contribution >= 4 is 32.3 Å². The van der Waals surface area contributed by atoms with Gasteiger partial charge >= 0.3 is 5.97 Å². The lowest BCUT2D eigenvalue weighted by Crippen LogP contribution is -2.15. The average molecular weight is 396 g/mol. The topological polar surface area (TPSA) is 81.7 Å². The SMILES string of the molecule is CCOc1ccc(S(=O)(=O)Nc2sc3c(c2C(=O)OC)CCCC3)cc1. The smallest absolute Gasteiger partial charge is 0.341 e. The fourth-order valence-corrected chi connectivity index (χ4v) is 5.60. The molecule has 0 bridgehead atoms. The third-order valence-electron chi connectivity index (χ3n) is 4.23. The van der Waals surface area contributed by atoms with Gasteiger partial charge in [-0.25, -0.2) is 13.2 Å². The van der Waals surface area contributed by atoms with E-state index < -0.39 is 16.0 Å². The van der Waals surface area contributed by atoms with Crippen molar-refractivity contribution < 1.29 is 22.7 Å². The summed E-state index contributed by atoms with van der Waals surface area (Å²) < 4.78 is 38.3. The van der Waals surface area contributed by atoms with E-state index in [4.69, 9.17) is 9.47 Å². The van der Waals surface area contributed by atoms with Crippen molar-refractivity contribution in [2.24, 2.45) is 0 Å². The number of carbonyl (C=O) groups is 1. The van der Waals surface area contributed by atoms with Crippen LogP contribution >= 0.6 is 11.3 Å². The molecule has 1 aromatic heterocycles. The van der Waals surface area contributed by atoms with Crippen LogP contribution in [0.5, 0.6) is 5.75 Å². The van der Waals surface area contributed by atoms with Crippen molar-refractivity contribution in [2.75, 3.05) is 18.4 Å². The van der Waals surface area contributed by atoms with E-state index in [-0.39, 0.29) is 4.90 Å². The van der Waals surface area contributed by atoms with Crippen LogP contribution in [0.3, 0.4) is 0 Å². The molecule has 0 saturated heterocycles. The van der Waals surface area contributed by atoms with E-state index in [2.05, 4.69) is 4.72 Å². The zero-order valence-electron chi connectivity index (χ0n) is 14.7. The summed E-state index contributed by atoms with van der Waals surface area (Å²) >= 11 is 1.32. The van der Waals surface area contributed by atoms with Crippen molar-refractivity contribution in [1.29, 1.82) is 0 Å². The molecule has 0 aliphatic heterocycles. The highest BCUT2D eigenvalue weighted by Crippen LogP contribution is 2.39. The maximum absolute atomic E-state index is 12.7. The number of ether oxygens (including phenoxy) is 2. The van der Waals surface area contributed by atoms with Crippen molar-refractivity contribution in [3.63, 3.8) is 0 Å². The van der Waals surface area contributed by atoms with Crippen molar-refractivity contribution in [1.82, 2.24) is 0 Å². The van der Waals surface area contributed by atoms with Gasteiger partial charge in [-0.05, 0) is 62.4 Å². The second-order valence-electron chi connectivity index (χ2n) is 5.92. The Bertz CT molecular complexity index is 900. The van der Waals surface area contributed by atoms with Gasteiger partial charge in [0.25, 0.3) is 10.0 Å². The highest BCUT2D eigenvalue weighted by molar-refractivity contribution is 7.93. The number of esters is 1. The van der Waals surface area contributed by atoms with Crippen LogP contribution in [0.4, 0.5) is 5.00 Å². The van der Waals surface area contributed by atoms with Crippen molar-refractivity contribution in [2.45, 2.75) is 37.5 Å². The number of hydrogen-bond donors (Lipinski definition) is 1. The highest BCUT2D eigenvalue weighted by Gasteiger charge is 2.28. The molecule has 1 N–H and O–H groups in total. The lowest BCUT2D eigenvalue weighted by molar-refractivity contribution is 0.0601. The molecule has 6 nitrogen and oxygen atoms in total. The second-order valence-corrected chi connectivity index (χ2v) is 8.70. The number of methoxy groups -OCH3 is 1. The molecule has 0 unspecified atom stereocenters. The van der Waals surface area contributed by atoms with Gasteiger partial charge < -0.3 is 9.47 Å². The van der Waals surface area contributed by atoms with Crippen LogP contribution in [0, 0.1) is 0 Å². The second kappa shape index (κ2) is 7.67. The first-order valence-corrected chi connectivity index (χ1v) is 10.7. The van der Waals surface area contributed by atoms with E-state index in [0.29, 0.717) is 22.9 Å². The van der Waals surface area contributed by atoms with Gasteiger partial charge in [-0.1, -0.05) is 0 Å². The van der Waals surface area contributed by atoms with Crippen LogP contribution in [-0.2, 0) is 27.6 Å². The van der Waals surface area contributed by atoms with Gasteiger partial charge in [0.2, 0.25) is 0 Å². The molecule has 3 rings (SSSR count). The number of nitrogens with one attached hydrogen (secondary N) is 1. The monoisotopic (exact) mass is 395 g/mol. The summed E-state index contributed by atoms with van der Waals surface area (Å²) in [6.07, 6.45) is 3.65. The van der Waals surface area contributed by atoms with Gasteiger partial charge in [0, 0.05) is 4.88 Å². The predicted octanol–water partition coefficient (Wildman–Crippen LogP) is 3.61. The lowest BCUT2D eigenvalue weighted by atomic mass is 9.95. The lowest BCUT2D eigenvalue weighted by Gasteiger charge is -2.12. The molecular formula is C18H21NO5S2. The molecular weight excluding hydrogens is 374 g/mol. The summed E-state index contributed by atoms with van der Waals surface area (Å²) in [5, 5.41) is 0.331. The van der Waals surface area contributed by atoms with Gasteiger partial charge in [0.1, 0.15) is 10.8 Å². The fraction of sp³-hybridized carbons (Fsp3) is 0.389. The van der Waals surface area contributed by atoms with E-state index in [1.54, 1.807) is 12.1 Å². The number of rotatable bonds is 6. The molecule has 140 valence electrons. The minimum Gasteiger partial charge on any atom is -0.494 e. The summed E-state index contributed by atoms with van der Waals surface area (Å²) in [5.41, 5.74) is 1.26. The molecule has 26 heavy (non-hydrogen) atoms. The number of fused-ring (bicyclic) bond motifs is 1.